The Bertz CT molecular complexity index is 580. The largest absolute Gasteiger partial charge is 0.474 e. The van der Waals surface area contributed by atoms with Crippen LogP contribution in [-0.2, 0) is 11.3 Å². The fourth-order valence-corrected chi connectivity index (χ4v) is 2.53. The van der Waals surface area contributed by atoms with Crippen LogP contribution in [0.5, 0.6) is 5.88 Å². The zero-order valence-electron chi connectivity index (χ0n) is 11.8. The van der Waals surface area contributed by atoms with E-state index in [1.165, 1.54) is 5.39 Å². The highest BCUT2D eigenvalue weighted by Crippen LogP contribution is 2.27. The van der Waals surface area contributed by atoms with E-state index < -0.39 is 0 Å². The van der Waals surface area contributed by atoms with Gasteiger partial charge in [-0.3, -0.25) is 0 Å². The van der Waals surface area contributed by atoms with Crippen LogP contribution in [0, 0.1) is 0 Å². The third-order valence-corrected chi connectivity index (χ3v) is 3.56. The highest BCUT2D eigenvalue weighted by atomic mass is 16.5. The summed E-state index contributed by atoms with van der Waals surface area (Å²) in [6, 6.07) is 10.4. The molecule has 1 N–H and O–H groups in total. The fourth-order valence-electron chi connectivity index (χ4n) is 2.53. The second kappa shape index (κ2) is 6.20. The minimum Gasteiger partial charge on any atom is -0.474 e. The number of nitrogens with one attached hydrogen (secondary N) is 1. The van der Waals surface area contributed by atoms with Crippen LogP contribution in [0.1, 0.15) is 18.5 Å². The highest BCUT2D eigenvalue weighted by Gasteiger charge is 2.17. The van der Waals surface area contributed by atoms with Gasteiger partial charge in [0, 0.05) is 24.8 Å². The Hall–Kier alpha value is -1.65. The van der Waals surface area contributed by atoms with Crippen LogP contribution in [-0.4, -0.2) is 31.3 Å². The van der Waals surface area contributed by atoms with E-state index in [1.54, 1.807) is 0 Å². The Labute approximate surface area is 119 Å². The summed E-state index contributed by atoms with van der Waals surface area (Å²) in [5, 5.41) is 5.40. The maximum Gasteiger partial charge on any atom is 0.221 e. The standard InChI is InChI=1S/C16H20N2O2/c1-17-11-13-10-12-4-2-3-5-15(12)16(18-13)20-14-6-8-19-9-7-14/h2-5,10,14,17H,6-9,11H2,1H3. The molecule has 2 aromatic rings. The molecule has 1 aliphatic heterocycles. The van der Waals surface area contributed by atoms with Crippen LogP contribution in [0.4, 0.5) is 0 Å². The Kier molecular flexibility index (Phi) is 4.14. The maximum atomic E-state index is 6.14. The SMILES string of the molecule is CNCc1cc2ccccc2c(OC2CCOCC2)n1. The quantitative estimate of drug-likeness (QED) is 0.928. The monoisotopic (exact) mass is 272 g/mol. The van der Waals surface area contributed by atoms with E-state index in [1.807, 2.05) is 19.2 Å². The summed E-state index contributed by atoms with van der Waals surface area (Å²) in [7, 11) is 1.93. The first-order chi connectivity index (χ1) is 9.86. The molecule has 0 bridgehead atoms. The summed E-state index contributed by atoms with van der Waals surface area (Å²) in [5.74, 6) is 0.750. The third-order valence-electron chi connectivity index (χ3n) is 3.56. The molecule has 0 aliphatic carbocycles. The Morgan fingerprint density at radius 2 is 2.10 bits per heavy atom. The Balaban J connectivity index is 1.93. The van der Waals surface area contributed by atoms with Gasteiger partial charge in [0.15, 0.2) is 0 Å². The van der Waals surface area contributed by atoms with Crippen molar-refractivity contribution < 1.29 is 9.47 Å². The summed E-state index contributed by atoms with van der Waals surface area (Å²) in [4.78, 5) is 4.66. The molecule has 1 aliphatic rings. The first-order valence-electron chi connectivity index (χ1n) is 7.14. The normalized spacial score (nSPS) is 16.4. The molecule has 1 saturated heterocycles. The molecule has 2 heterocycles. The minimum atomic E-state index is 0.212. The molecule has 106 valence electrons. The highest BCUT2D eigenvalue weighted by molar-refractivity contribution is 5.87. The van der Waals surface area contributed by atoms with Crippen molar-refractivity contribution in [2.75, 3.05) is 20.3 Å². The molecular formula is C16H20N2O2. The van der Waals surface area contributed by atoms with Crippen LogP contribution in [0.2, 0.25) is 0 Å². The fraction of sp³-hybridized carbons (Fsp3) is 0.438. The number of rotatable bonds is 4. The molecule has 0 spiro atoms. The van der Waals surface area contributed by atoms with E-state index in [4.69, 9.17) is 9.47 Å². The third kappa shape index (κ3) is 2.92. The summed E-state index contributed by atoms with van der Waals surface area (Å²) in [5.41, 5.74) is 1.01. The van der Waals surface area contributed by atoms with Gasteiger partial charge in [0.25, 0.3) is 0 Å². The van der Waals surface area contributed by atoms with Gasteiger partial charge >= 0.3 is 0 Å². The predicted octanol–water partition coefficient (Wildman–Crippen LogP) is 2.51. The van der Waals surface area contributed by atoms with Crippen LogP contribution in [0.15, 0.2) is 30.3 Å². The number of aromatic nitrogens is 1. The molecule has 0 radical (unpaired) electrons. The molecule has 20 heavy (non-hydrogen) atoms. The number of fused-ring (bicyclic) bond motifs is 1. The number of pyridine rings is 1. The molecule has 1 fully saturated rings. The molecule has 1 aromatic heterocycles. The van der Waals surface area contributed by atoms with E-state index >= 15 is 0 Å². The number of nitrogens with zero attached hydrogens (tertiary/aromatic N) is 1. The first-order valence-corrected chi connectivity index (χ1v) is 7.14. The molecular weight excluding hydrogens is 252 g/mol. The van der Waals surface area contributed by atoms with Gasteiger partial charge in [-0.25, -0.2) is 4.98 Å². The molecule has 3 rings (SSSR count). The summed E-state index contributed by atoms with van der Waals surface area (Å²) >= 11 is 0. The van der Waals surface area contributed by atoms with Gasteiger partial charge in [0.1, 0.15) is 6.10 Å². The lowest BCUT2D eigenvalue weighted by Crippen LogP contribution is -2.26. The number of benzene rings is 1. The smallest absolute Gasteiger partial charge is 0.221 e. The van der Waals surface area contributed by atoms with Crippen molar-refractivity contribution in [2.24, 2.45) is 0 Å². The Morgan fingerprint density at radius 1 is 1.30 bits per heavy atom. The van der Waals surface area contributed by atoms with Crippen molar-refractivity contribution in [3.05, 3.63) is 36.0 Å². The van der Waals surface area contributed by atoms with Crippen molar-refractivity contribution in [3.8, 4) is 5.88 Å². The van der Waals surface area contributed by atoms with Crippen LogP contribution in [0.25, 0.3) is 10.8 Å². The molecule has 0 unspecified atom stereocenters. The van der Waals surface area contributed by atoms with Crippen LogP contribution < -0.4 is 10.1 Å². The van der Waals surface area contributed by atoms with Gasteiger partial charge in [0.2, 0.25) is 5.88 Å². The average molecular weight is 272 g/mol. The lowest BCUT2D eigenvalue weighted by atomic mass is 10.1. The van der Waals surface area contributed by atoms with Gasteiger partial charge in [-0.1, -0.05) is 18.2 Å². The van der Waals surface area contributed by atoms with Gasteiger partial charge in [-0.2, -0.15) is 0 Å². The average Bonchev–Trinajstić information content (AvgIpc) is 2.49. The molecule has 1 aromatic carbocycles. The van der Waals surface area contributed by atoms with E-state index in [0.717, 1.165) is 49.6 Å². The molecule has 0 amide bonds. The molecule has 4 nitrogen and oxygen atoms in total. The van der Waals surface area contributed by atoms with Crippen molar-refractivity contribution in [1.29, 1.82) is 0 Å². The lowest BCUT2D eigenvalue weighted by Gasteiger charge is -2.23. The molecule has 4 heteroatoms. The zero-order valence-corrected chi connectivity index (χ0v) is 11.8. The van der Waals surface area contributed by atoms with Gasteiger partial charge < -0.3 is 14.8 Å². The van der Waals surface area contributed by atoms with E-state index in [2.05, 4.69) is 28.5 Å². The van der Waals surface area contributed by atoms with Crippen molar-refractivity contribution in [2.45, 2.75) is 25.5 Å². The van der Waals surface area contributed by atoms with Crippen molar-refractivity contribution in [3.63, 3.8) is 0 Å². The topological polar surface area (TPSA) is 43.4 Å². The first kappa shape index (κ1) is 13.3. The minimum absolute atomic E-state index is 0.212. The lowest BCUT2D eigenvalue weighted by molar-refractivity contribution is 0.0243. The predicted molar refractivity (Wildman–Crippen MR) is 79.0 cm³/mol. The van der Waals surface area contributed by atoms with Gasteiger partial charge in [-0.15, -0.1) is 0 Å². The van der Waals surface area contributed by atoms with Gasteiger partial charge in [-0.05, 0) is 24.6 Å². The zero-order chi connectivity index (χ0) is 13.8. The second-order valence-electron chi connectivity index (χ2n) is 5.10. The van der Waals surface area contributed by atoms with Crippen molar-refractivity contribution >= 4 is 10.8 Å². The second-order valence-corrected chi connectivity index (χ2v) is 5.10. The summed E-state index contributed by atoms with van der Waals surface area (Å²) < 4.78 is 11.5. The summed E-state index contributed by atoms with van der Waals surface area (Å²) in [6.07, 6.45) is 2.09. The molecule has 0 atom stereocenters. The maximum absolute atomic E-state index is 6.14. The van der Waals surface area contributed by atoms with E-state index in [-0.39, 0.29) is 6.10 Å². The summed E-state index contributed by atoms with van der Waals surface area (Å²) in [6.45, 7) is 2.30. The van der Waals surface area contributed by atoms with Crippen LogP contribution in [0.3, 0.4) is 0 Å². The number of hydrogen-bond donors (Lipinski definition) is 1. The number of hydrogen-bond acceptors (Lipinski definition) is 4. The number of ether oxygens (including phenoxy) is 2. The van der Waals surface area contributed by atoms with E-state index in [9.17, 15) is 0 Å². The van der Waals surface area contributed by atoms with E-state index in [0.29, 0.717) is 0 Å². The Morgan fingerprint density at radius 3 is 2.90 bits per heavy atom. The van der Waals surface area contributed by atoms with Gasteiger partial charge in [0.05, 0.1) is 18.9 Å². The van der Waals surface area contributed by atoms with Crippen molar-refractivity contribution in [1.82, 2.24) is 10.3 Å². The molecule has 0 saturated carbocycles. The van der Waals surface area contributed by atoms with Crippen LogP contribution >= 0.6 is 0 Å².